The molecular weight excluding hydrogens is 276 g/mol. The second-order valence-corrected chi connectivity index (χ2v) is 4.28. The van der Waals surface area contributed by atoms with Gasteiger partial charge in [0.1, 0.15) is 0 Å². The van der Waals surface area contributed by atoms with Crippen LogP contribution in [0.4, 0.5) is 0 Å². The van der Waals surface area contributed by atoms with E-state index in [1.165, 1.54) is 0 Å². The highest BCUT2D eigenvalue weighted by Gasteiger charge is 1.97. The second-order valence-electron chi connectivity index (χ2n) is 4.28. The standard InChI is InChI=1S/C16H16N6/c17-15(21-19-11-13-7-3-1-4-8-13)16(18)22-20-12-14-9-5-2-6-10-14/h1-12H,(H2,17,21)(H2,18,22)/b19-11+,20-12+. The second kappa shape index (κ2) is 8.11. The molecular formula is C16H16N6. The Hall–Kier alpha value is -3.28. The van der Waals surface area contributed by atoms with Gasteiger partial charge in [0.2, 0.25) is 0 Å². The number of amidine groups is 2. The van der Waals surface area contributed by atoms with E-state index in [0.717, 1.165) is 11.1 Å². The van der Waals surface area contributed by atoms with Crippen LogP contribution < -0.4 is 11.5 Å². The zero-order chi connectivity index (χ0) is 15.6. The van der Waals surface area contributed by atoms with E-state index >= 15 is 0 Å². The predicted molar refractivity (Wildman–Crippen MR) is 91.3 cm³/mol. The van der Waals surface area contributed by atoms with Gasteiger partial charge in [0, 0.05) is 0 Å². The topological polar surface area (TPSA) is 101 Å². The summed E-state index contributed by atoms with van der Waals surface area (Å²) < 4.78 is 0. The molecule has 2 aromatic rings. The Morgan fingerprint density at radius 3 is 1.36 bits per heavy atom. The summed E-state index contributed by atoms with van der Waals surface area (Å²) in [7, 11) is 0. The van der Waals surface area contributed by atoms with Crippen LogP contribution in [0.25, 0.3) is 0 Å². The first-order valence-electron chi connectivity index (χ1n) is 6.59. The molecule has 0 aliphatic heterocycles. The van der Waals surface area contributed by atoms with Crippen molar-refractivity contribution in [1.82, 2.24) is 0 Å². The third-order valence-electron chi connectivity index (χ3n) is 2.61. The van der Waals surface area contributed by atoms with Crippen molar-refractivity contribution in [3.63, 3.8) is 0 Å². The molecule has 2 aromatic carbocycles. The van der Waals surface area contributed by atoms with E-state index in [9.17, 15) is 0 Å². The van der Waals surface area contributed by atoms with Crippen molar-refractivity contribution in [3.05, 3.63) is 71.8 Å². The molecule has 0 aliphatic rings. The highest BCUT2D eigenvalue weighted by atomic mass is 15.3. The number of benzene rings is 2. The van der Waals surface area contributed by atoms with Gasteiger partial charge in [0.05, 0.1) is 12.4 Å². The molecule has 110 valence electrons. The molecule has 0 spiro atoms. The summed E-state index contributed by atoms with van der Waals surface area (Å²) in [5.74, 6) is 0.0229. The largest absolute Gasteiger partial charge is 0.379 e. The third-order valence-corrected chi connectivity index (χ3v) is 2.61. The molecule has 0 fully saturated rings. The molecule has 0 amide bonds. The average molecular weight is 292 g/mol. The first-order chi connectivity index (χ1) is 10.8. The monoisotopic (exact) mass is 292 g/mol. The molecule has 0 saturated heterocycles. The maximum absolute atomic E-state index is 5.67. The van der Waals surface area contributed by atoms with Crippen LogP contribution in [0.5, 0.6) is 0 Å². The van der Waals surface area contributed by atoms with Crippen molar-refractivity contribution < 1.29 is 0 Å². The molecule has 6 nitrogen and oxygen atoms in total. The Morgan fingerprint density at radius 2 is 1.00 bits per heavy atom. The molecule has 0 unspecified atom stereocenters. The Labute approximate surface area is 128 Å². The lowest BCUT2D eigenvalue weighted by Gasteiger charge is -1.94. The summed E-state index contributed by atoms with van der Waals surface area (Å²) >= 11 is 0. The van der Waals surface area contributed by atoms with E-state index in [-0.39, 0.29) is 11.7 Å². The van der Waals surface area contributed by atoms with Gasteiger partial charge in [0.15, 0.2) is 11.7 Å². The Balaban J connectivity index is 1.97. The fourth-order valence-corrected chi connectivity index (χ4v) is 1.50. The highest BCUT2D eigenvalue weighted by molar-refractivity contribution is 6.39. The Bertz CT molecular complexity index is 638. The number of nitrogens with two attached hydrogens (primary N) is 2. The van der Waals surface area contributed by atoms with Gasteiger partial charge in [-0.2, -0.15) is 10.2 Å². The van der Waals surface area contributed by atoms with Gasteiger partial charge in [0.25, 0.3) is 0 Å². The lowest BCUT2D eigenvalue weighted by molar-refractivity contribution is 1.21. The summed E-state index contributed by atoms with van der Waals surface area (Å²) in [6.07, 6.45) is 3.15. The molecule has 0 aromatic heterocycles. The maximum Gasteiger partial charge on any atom is 0.190 e. The SMILES string of the molecule is NC(=N/N=C/c1ccccc1)/C(N)=N\N=C\c1ccccc1. The van der Waals surface area contributed by atoms with E-state index < -0.39 is 0 Å². The van der Waals surface area contributed by atoms with Gasteiger partial charge >= 0.3 is 0 Å². The van der Waals surface area contributed by atoms with Gasteiger partial charge in [-0.15, -0.1) is 10.2 Å². The molecule has 6 heteroatoms. The Kier molecular flexibility index (Phi) is 5.57. The van der Waals surface area contributed by atoms with Crippen molar-refractivity contribution in [2.24, 2.45) is 31.9 Å². The number of nitrogens with zero attached hydrogens (tertiary/aromatic N) is 4. The summed E-state index contributed by atoms with van der Waals surface area (Å²) in [5, 5.41) is 15.3. The first kappa shape index (κ1) is 15.1. The molecule has 0 bridgehead atoms. The minimum absolute atomic E-state index is 0.0115. The van der Waals surface area contributed by atoms with Gasteiger partial charge in [-0.3, -0.25) is 0 Å². The van der Waals surface area contributed by atoms with Crippen LogP contribution in [0.1, 0.15) is 11.1 Å². The van der Waals surface area contributed by atoms with Crippen LogP contribution >= 0.6 is 0 Å². The van der Waals surface area contributed by atoms with Crippen molar-refractivity contribution in [2.45, 2.75) is 0 Å². The van der Waals surface area contributed by atoms with E-state index in [2.05, 4.69) is 20.4 Å². The minimum Gasteiger partial charge on any atom is -0.379 e. The van der Waals surface area contributed by atoms with Crippen LogP contribution in [0.15, 0.2) is 81.1 Å². The summed E-state index contributed by atoms with van der Waals surface area (Å²) in [5.41, 5.74) is 13.2. The predicted octanol–water partition coefficient (Wildman–Crippen LogP) is 1.77. The fourth-order valence-electron chi connectivity index (χ4n) is 1.50. The van der Waals surface area contributed by atoms with E-state index in [4.69, 9.17) is 11.5 Å². The van der Waals surface area contributed by atoms with Gasteiger partial charge in [-0.1, -0.05) is 60.7 Å². The Morgan fingerprint density at radius 1 is 0.636 bits per heavy atom. The molecule has 0 saturated carbocycles. The van der Waals surface area contributed by atoms with Crippen molar-refractivity contribution in [3.8, 4) is 0 Å². The number of hydrogen-bond donors (Lipinski definition) is 2. The van der Waals surface area contributed by atoms with Crippen molar-refractivity contribution in [2.75, 3.05) is 0 Å². The number of rotatable bonds is 4. The fraction of sp³-hybridized carbons (Fsp3) is 0. The van der Waals surface area contributed by atoms with Crippen LogP contribution in [0.2, 0.25) is 0 Å². The lowest BCUT2D eigenvalue weighted by Crippen LogP contribution is -2.30. The summed E-state index contributed by atoms with van der Waals surface area (Å²) in [6.45, 7) is 0. The average Bonchev–Trinajstić information content (AvgIpc) is 2.56. The first-order valence-corrected chi connectivity index (χ1v) is 6.59. The van der Waals surface area contributed by atoms with E-state index in [1.807, 2.05) is 60.7 Å². The van der Waals surface area contributed by atoms with Gasteiger partial charge < -0.3 is 11.5 Å². The molecule has 22 heavy (non-hydrogen) atoms. The quantitative estimate of drug-likeness (QED) is 0.509. The molecule has 0 aliphatic carbocycles. The van der Waals surface area contributed by atoms with Gasteiger partial charge in [-0.05, 0) is 11.1 Å². The van der Waals surface area contributed by atoms with Crippen LogP contribution in [0.3, 0.4) is 0 Å². The van der Waals surface area contributed by atoms with Crippen LogP contribution in [-0.2, 0) is 0 Å². The molecule has 0 radical (unpaired) electrons. The normalized spacial score (nSPS) is 13.1. The third kappa shape index (κ3) is 5.01. The maximum atomic E-state index is 5.67. The molecule has 0 heterocycles. The van der Waals surface area contributed by atoms with E-state index in [0.29, 0.717) is 0 Å². The number of hydrogen-bond acceptors (Lipinski definition) is 4. The van der Waals surface area contributed by atoms with Crippen LogP contribution in [-0.4, -0.2) is 24.1 Å². The zero-order valence-corrected chi connectivity index (χ0v) is 11.9. The van der Waals surface area contributed by atoms with Crippen molar-refractivity contribution >= 4 is 24.1 Å². The highest BCUT2D eigenvalue weighted by Crippen LogP contribution is 1.95. The molecule has 0 atom stereocenters. The summed E-state index contributed by atoms with van der Waals surface area (Å²) in [4.78, 5) is 0. The molecule has 4 N–H and O–H groups in total. The lowest BCUT2D eigenvalue weighted by atomic mass is 10.2. The van der Waals surface area contributed by atoms with Gasteiger partial charge in [-0.25, -0.2) is 0 Å². The van der Waals surface area contributed by atoms with E-state index in [1.54, 1.807) is 12.4 Å². The van der Waals surface area contributed by atoms with Crippen molar-refractivity contribution in [1.29, 1.82) is 0 Å². The smallest absolute Gasteiger partial charge is 0.190 e. The molecule has 2 rings (SSSR count). The zero-order valence-electron chi connectivity index (χ0n) is 11.9. The van der Waals surface area contributed by atoms with Crippen LogP contribution in [0, 0.1) is 0 Å². The summed E-state index contributed by atoms with van der Waals surface area (Å²) in [6, 6.07) is 19.1. The minimum atomic E-state index is 0.0115.